The molecule has 0 bridgehead atoms. The molecule has 6 rings (SSSR count). The second-order valence-corrected chi connectivity index (χ2v) is 23.4. The lowest BCUT2D eigenvalue weighted by atomic mass is 9.79. The first-order valence-corrected chi connectivity index (χ1v) is 27.4. The largest absolute Gasteiger partial charge is 0.744 e. The van der Waals surface area contributed by atoms with E-state index in [-0.39, 0.29) is 27.5 Å². The molecule has 0 aliphatic carbocycles. The van der Waals surface area contributed by atoms with E-state index in [0.717, 1.165) is 49.2 Å². The number of nitrogens with two attached hydrogens (primary N) is 1. The van der Waals surface area contributed by atoms with Crippen LogP contribution in [0.2, 0.25) is 0 Å². The fraction of sp³-hybridized carbons (Fsp3) is 0.391. The zero-order valence-electron chi connectivity index (χ0n) is 37.8. The average Bonchev–Trinajstić information content (AvgIpc) is 3.56. The van der Waals surface area contributed by atoms with Gasteiger partial charge in [-0.25, -0.2) is 8.42 Å². The molecule has 2 heterocycles. The Morgan fingerprint density at radius 2 is 1.28 bits per heavy atom. The highest BCUT2D eigenvalue weighted by molar-refractivity contribution is 7.87. The quantitative estimate of drug-likeness (QED) is 0.0285. The van der Waals surface area contributed by atoms with E-state index >= 15 is 0 Å². The summed E-state index contributed by atoms with van der Waals surface area (Å²) in [6.07, 6.45) is 15.2. The van der Waals surface area contributed by atoms with E-state index in [1.807, 2.05) is 49.3 Å². The molecule has 0 radical (unpaired) electrons. The second-order valence-electron chi connectivity index (χ2n) is 17.8. The van der Waals surface area contributed by atoms with Crippen molar-refractivity contribution in [3.05, 3.63) is 95.7 Å². The van der Waals surface area contributed by atoms with Crippen molar-refractivity contribution in [1.29, 1.82) is 0 Å². The Labute approximate surface area is 392 Å². The molecule has 17 nitrogen and oxygen atoms in total. The van der Waals surface area contributed by atoms with Gasteiger partial charge < -0.3 is 20.5 Å². The minimum absolute atomic E-state index is 0.00565. The lowest BCUT2D eigenvalue weighted by Crippen LogP contribution is -2.27. The zero-order chi connectivity index (χ0) is 49.5. The number of rotatable bonds is 19. The lowest BCUT2D eigenvalue weighted by Gasteiger charge is -2.27. The number of hydrogen-bond donors (Lipinski definition) is 5. The van der Waals surface area contributed by atoms with Crippen molar-refractivity contribution in [2.75, 3.05) is 31.6 Å². The predicted octanol–water partition coefficient (Wildman–Crippen LogP) is 6.63. The lowest BCUT2D eigenvalue weighted by molar-refractivity contribution is -0.401. The first kappa shape index (κ1) is 51.5. The smallest absolute Gasteiger partial charge is 0.295 e. The first-order chi connectivity index (χ1) is 31.1. The molecule has 6 N–H and O–H groups in total. The van der Waals surface area contributed by atoms with Gasteiger partial charge in [0.05, 0.1) is 20.1 Å². The van der Waals surface area contributed by atoms with Crippen molar-refractivity contribution >= 4 is 85.0 Å². The van der Waals surface area contributed by atoms with Gasteiger partial charge in [-0.3, -0.25) is 18.5 Å². The summed E-state index contributed by atoms with van der Waals surface area (Å²) in [5.74, 6) is -0.0290. The van der Waals surface area contributed by atoms with Gasteiger partial charge in [-0.15, -0.1) is 0 Å². The zero-order valence-corrected chi connectivity index (χ0v) is 41.1. The molecule has 4 aromatic carbocycles. The van der Waals surface area contributed by atoms with Crippen LogP contribution in [0.1, 0.15) is 90.2 Å². The molecular formula is C46H56N4O13S4. The third-order valence-corrected chi connectivity index (χ3v) is 16.0. The van der Waals surface area contributed by atoms with Crippen molar-refractivity contribution in [2.24, 2.45) is 5.73 Å². The molecule has 67 heavy (non-hydrogen) atoms. The molecule has 0 fully saturated rings. The highest BCUT2D eigenvalue weighted by Gasteiger charge is 2.45. The van der Waals surface area contributed by atoms with Crippen LogP contribution in [0.25, 0.3) is 21.5 Å². The molecule has 0 unspecified atom stereocenters. The molecule has 2 aliphatic heterocycles. The fourth-order valence-corrected chi connectivity index (χ4v) is 12.1. The van der Waals surface area contributed by atoms with Crippen molar-refractivity contribution in [1.82, 2.24) is 5.32 Å². The van der Waals surface area contributed by atoms with Crippen molar-refractivity contribution in [2.45, 2.75) is 109 Å². The molecule has 2 aliphatic rings. The summed E-state index contributed by atoms with van der Waals surface area (Å²) in [6, 6.07) is 9.97. The van der Waals surface area contributed by atoms with Crippen LogP contribution in [-0.2, 0) is 56.1 Å². The van der Waals surface area contributed by atoms with E-state index in [1.165, 1.54) is 18.2 Å². The molecule has 0 saturated heterocycles. The fourth-order valence-electron chi connectivity index (χ4n) is 9.42. The first-order valence-electron chi connectivity index (χ1n) is 21.6. The number of amides is 1. The Balaban J connectivity index is 1.33. The molecule has 0 spiro atoms. The highest BCUT2D eigenvalue weighted by atomic mass is 32.2. The van der Waals surface area contributed by atoms with Gasteiger partial charge >= 0.3 is 0 Å². The van der Waals surface area contributed by atoms with Gasteiger partial charge in [-0.05, 0) is 105 Å². The molecule has 0 saturated carbocycles. The summed E-state index contributed by atoms with van der Waals surface area (Å²) in [7, 11) is -18.2. The summed E-state index contributed by atoms with van der Waals surface area (Å²) >= 11 is 0. The third kappa shape index (κ3) is 10.7. The summed E-state index contributed by atoms with van der Waals surface area (Å²) < 4.78 is 143. The summed E-state index contributed by atoms with van der Waals surface area (Å²) in [5.41, 5.74) is 7.58. The number of carbonyl (C=O) groups is 1. The van der Waals surface area contributed by atoms with E-state index in [1.54, 1.807) is 37.4 Å². The minimum atomic E-state index is -5.16. The normalized spacial score (nSPS) is 16.9. The summed E-state index contributed by atoms with van der Waals surface area (Å²) in [5, 5.41) is 3.39. The number of nitrogens with zero attached hydrogens (tertiary/aromatic N) is 2. The predicted molar refractivity (Wildman–Crippen MR) is 255 cm³/mol. The number of fused-ring (bicyclic) bond motifs is 6. The number of allylic oxidation sites excluding steroid dienone is 6. The Morgan fingerprint density at radius 3 is 1.90 bits per heavy atom. The number of hydrogen-bond acceptors (Lipinski definition) is 12. The van der Waals surface area contributed by atoms with Crippen LogP contribution < -0.4 is 16.0 Å². The number of carbonyl (C=O) groups excluding carboxylic acids is 1. The Morgan fingerprint density at radius 1 is 0.701 bits per heavy atom. The Kier molecular flexibility index (Phi) is 14.8. The monoisotopic (exact) mass is 1000 g/mol. The van der Waals surface area contributed by atoms with Gasteiger partial charge in [-0.1, -0.05) is 57.4 Å². The number of benzene rings is 4. The van der Waals surface area contributed by atoms with Gasteiger partial charge in [0, 0.05) is 64.8 Å². The molecule has 4 aromatic rings. The van der Waals surface area contributed by atoms with Crippen LogP contribution in [0.3, 0.4) is 0 Å². The summed E-state index contributed by atoms with van der Waals surface area (Å²) in [6.45, 7) is 9.19. The van der Waals surface area contributed by atoms with E-state index in [4.69, 9.17) is 5.73 Å². The van der Waals surface area contributed by atoms with Gasteiger partial charge in [0.15, 0.2) is 5.71 Å². The third-order valence-electron chi connectivity index (χ3n) is 12.5. The maximum Gasteiger partial charge on any atom is 0.295 e. The van der Waals surface area contributed by atoms with Gasteiger partial charge in [-0.2, -0.15) is 29.8 Å². The number of unbranched alkanes of at least 4 members (excludes halogenated alkanes) is 5. The second kappa shape index (κ2) is 19.3. The topological polar surface area (TPSA) is 282 Å². The maximum atomic E-state index is 12.6. The van der Waals surface area contributed by atoms with E-state index < -0.39 is 70.9 Å². The van der Waals surface area contributed by atoms with Crippen molar-refractivity contribution in [3.63, 3.8) is 0 Å². The molecule has 0 atom stereocenters. The molecule has 362 valence electrons. The summed E-state index contributed by atoms with van der Waals surface area (Å²) in [4.78, 5) is 11.7. The van der Waals surface area contributed by atoms with E-state index in [2.05, 4.69) is 5.32 Å². The number of nitrogens with one attached hydrogen (secondary N) is 1. The van der Waals surface area contributed by atoms with Crippen molar-refractivity contribution in [3.8, 4) is 0 Å². The average molecular weight is 1000 g/mol. The van der Waals surface area contributed by atoms with Crippen LogP contribution >= 0.6 is 0 Å². The van der Waals surface area contributed by atoms with Crippen LogP contribution in [-0.4, -0.2) is 94.8 Å². The molecule has 1 amide bonds. The SMILES string of the molecule is C[N+]1=C(/C=C/C=C/C=C2/N(CCCCCC(=O)NCCCCCCN)c3ccc4c(S(=O)(=O)O)cc(S(=O)(=O)O)cc4c3C2(C)C)C(C)(C)c2c1ccc1c(S(=O)(=O)[O-])cc(S(=O)(=O)O)cc21. The van der Waals surface area contributed by atoms with Crippen LogP contribution in [0.5, 0.6) is 0 Å². The Bertz CT molecular complexity index is 3250. The van der Waals surface area contributed by atoms with Crippen LogP contribution in [0.15, 0.2) is 104 Å². The van der Waals surface area contributed by atoms with E-state index in [9.17, 15) is 56.7 Å². The molecule has 21 heteroatoms. The minimum Gasteiger partial charge on any atom is -0.744 e. The highest BCUT2D eigenvalue weighted by Crippen LogP contribution is 2.52. The Hall–Kier alpha value is -4.84. The van der Waals surface area contributed by atoms with Gasteiger partial charge in [0.1, 0.15) is 22.1 Å². The number of anilines is 1. The van der Waals surface area contributed by atoms with Crippen LogP contribution in [0.4, 0.5) is 11.4 Å². The van der Waals surface area contributed by atoms with Gasteiger partial charge in [0.25, 0.3) is 30.4 Å². The van der Waals surface area contributed by atoms with E-state index in [0.29, 0.717) is 73.9 Å². The van der Waals surface area contributed by atoms with Crippen molar-refractivity contribution < 1.29 is 61.3 Å². The standard InChI is InChI=1S/C46H56N4O13S4/c1-45(2)40(49(5)36-21-19-32-34(43(36)45)26-30(64(52,53)54)28-38(32)66(58,59)60)16-10-8-11-17-41-46(3,4)44-35-27-31(65(55,56)57)29-39(67(61,62)63)33(35)20-22-37(44)50(41)25-15-9-12-18-42(51)48-24-14-7-6-13-23-47/h8,10-11,16-17,19-22,26-29H,6-7,9,12-15,18,23-25,47H2,1-5H3,(H4-,48,51,52,53,54,55,56,57,58,59,60,61,62,63). The molecular weight excluding hydrogens is 945 g/mol. The van der Waals surface area contributed by atoms with Gasteiger partial charge in [0.2, 0.25) is 11.6 Å². The molecule has 0 aromatic heterocycles. The maximum absolute atomic E-state index is 12.6. The van der Waals surface area contributed by atoms with Crippen LogP contribution in [0, 0.1) is 0 Å².